The van der Waals surface area contributed by atoms with Crippen molar-refractivity contribution in [3.05, 3.63) is 78.2 Å². The predicted octanol–water partition coefficient (Wildman–Crippen LogP) is 4.08. The van der Waals surface area contributed by atoms with E-state index in [0.29, 0.717) is 18.1 Å². The molecule has 0 saturated heterocycles. The van der Waals surface area contributed by atoms with Gasteiger partial charge in [0.25, 0.3) is 0 Å². The minimum Gasteiger partial charge on any atom is -0.444 e. The zero-order valence-corrected chi connectivity index (χ0v) is 16.5. The highest BCUT2D eigenvalue weighted by Crippen LogP contribution is 2.20. The van der Waals surface area contributed by atoms with E-state index >= 15 is 0 Å². The Morgan fingerprint density at radius 2 is 1.68 bits per heavy atom. The second-order valence-corrected chi connectivity index (χ2v) is 6.64. The number of rotatable bonds is 9. The second-order valence-electron chi connectivity index (χ2n) is 6.64. The van der Waals surface area contributed by atoms with Crippen LogP contribution in [0.2, 0.25) is 0 Å². The average molecular weight is 377 g/mol. The first-order valence-corrected chi connectivity index (χ1v) is 9.76. The lowest BCUT2D eigenvalue weighted by Gasteiger charge is -2.30. The molecule has 0 radical (unpaired) electrons. The number of hydrogen-bond donors (Lipinski definition) is 1. The lowest BCUT2D eigenvalue weighted by Crippen LogP contribution is -2.38. The van der Waals surface area contributed by atoms with E-state index in [1.807, 2.05) is 48.5 Å². The maximum absolute atomic E-state index is 12.5. The van der Waals surface area contributed by atoms with Crippen LogP contribution >= 0.6 is 0 Å². The fourth-order valence-corrected chi connectivity index (χ4v) is 3.34. The Kier molecular flexibility index (Phi) is 6.98. The van der Waals surface area contributed by atoms with E-state index < -0.39 is 0 Å². The molecule has 146 valence electrons. The minimum absolute atomic E-state index is 0.0546. The van der Waals surface area contributed by atoms with E-state index in [-0.39, 0.29) is 18.4 Å². The van der Waals surface area contributed by atoms with Crippen LogP contribution in [0.5, 0.6) is 0 Å². The first kappa shape index (κ1) is 19.8. The quantitative estimate of drug-likeness (QED) is 0.610. The van der Waals surface area contributed by atoms with Crippen LogP contribution < -0.4 is 5.32 Å². The summed E-state index contributed by atoms with van der Waals surface area (Å²) in [5.41, 5.74) is 2.74. The molecule has 0 aliphatic heterocycles. The van der Waals surface area contributed by atoms with E-state index in [2.05, 4.69) is 41.2 Å². The van der Waals surface area contributed by atoms with E-state index in [0.717, 1.165) is 18.7 Å². The van der Waals surface area contributed by atoms with Crippen molar-refractivity contribution in [3.63, 3.8) is 0 Å². The highest BCUT2D eigenvalue weighted by atomic mass is 16.3. The van der Waals surface area contributed by atoms with Crippen LogP contribution in [-0.4, -0.2) is 35.4 Å². The maximum Gasteiger partial charge on any atom is 0.226 e. The Labute approximate surface area is 166 Å². The number of benzene rings is 2. The van der Waals surface area contributed by atoms with Crippen molar-refractivity contribution in [1.82, 2.24) is 15.2 Å². The zero-order valence-electron chi connectivity index (χ0n) is 16.5. The lowest BCUT2D eigenvalue weighted by molar-refractivity contribution is -0.120. The molecule has 0 spiro atoms. The third-order valence-electron chi connectivity index (χ3n) is 4.84. The maximum atomic E-state index is 12.5. The number of carbonyl (C=O) groups is 1. The number of likely N-dealkylation sites (N-methyl/N-ethyl adjacent to an activating group) is 1. The van der Waals surface area contributed by atoms with Gasteiger partial charge in [-0.1, -0.05) is 62.4 Å². The molecule has 5 heteroatoms. The molecule has 1 atom stereocenters. The summed E-state index contributed by atoms with van der Waals surface area (Å²) in [6.07, 6.45) is 1.76. The Balaban J connectivity index is 1.61. The van der Waals surface area contributed by atoms with Crippen LogP contribution in [0.4, 0.5) is 0 Å². The number of nitrogens with one attached hydrogen (secondary N) is 1. The van der Waals surface area contributed by atoms with Gasteiger partial charge in [0, 0.05) is 12.1 Å². The molecule has 28 heavy (non-hydrogen) atoms. The smallest absolute Gasteiger partial charge is 0.226 e. The summed E-state index contributed by atoms with van der Waals surface area (Å²) in [5, 5.41) is 3.07. The first-order valence-electron chi connectivity index (χ1n) is 9.76. The Morgan fingerprint density at radius 1 is 1.04 bits per heavy atom. The molecule has 0 saturated carbocycles. The molecule has 1 heterocycles. The standard InChI is InChI=1S/C23H27N3O2/c1-3-26(4-2)21(18-11-7-5-8-12-18)16-24-22(27)15-20-17-28-23(25-20)19-13-9-6-10-14-19/h5-14,17,21H,3-4,15-16H2,1-2H3,(H,24,27). The van der Waals surface area contributed by atoms with Gasteiger partial charge in [0.2, 0.25) is 11.8 Å². The van der Waals surface area contributed by atoms with Crippen LogP contribution in [0.25, 0.3) is 11.5 Å². The summed E-state index contributed by atoms with van der Waals surface area (Å²) in [6, 6.07) is 20.1. The fraction of sp³-hybridized carbons (Fsp3) is 0.304. The van der Waals surface area contributed by atoms with Gasteiger partial charge in [0.1, 0.15) is 6.26 Å². The van der Waals surface area contributed by atoms with E-state index in [1.54, 1.807) is 6.26 Å². The summed E-state index contributed by atoms with van der Waals surface area (Å²) in [7, 11) is 0. The Hall–Kier alpha value is -2.92. The summed E-state index contributed by atoms with van der Waals surface area (Å²) < 4.78 is 5.52. The molecule has 1 unspecified atom stereocenters. The van der Waals surface area contributed by atoms with Gasteiger partial charge < -0.3 is 9.73 Å². The Bertz CT molecular complexity index is 858. The number of nitrogens with zero attached hydrogens (tertiary/aromatic N) is 2. The van der Waals surface area contributed by atoms with Crippen LogP contribution in [0, 0.1) is 0 Å². The highest BCUT2D eigenvalue weighted by molar-refractivity contribution is 5.78. The minimum atomic E-state index is -0.0546. The molecule has 0 aliphatic rings. The largest absolute Gasteiger partial charge is 0.444 e. The zero-order chi connectivity index (χ0) is 19.8. The van der Waals surface area contributed by atoms with Crippen LogP contribution in [0.3, 0.4) is 0 Å². The third-order valence-corrected chi connectivity index (χ3v) is 4.84. The van der Waals surface area contributed by atoms with Gasteiger partial charge in [-0.25, -0.2) is 4.98 Å². The number of amides is 1. The second kappa shape index (κ2) is 9.85. The van der Waals surface area contributed by atoms with Crippen molar-refractivity contribution in [3.8, 4) is 11.5 Å². The van der Waals surface area contributed by atoms with Crippen molar-refractivity contribution >= 4 is 5.91 Å². The normalized spacial score (nSPS) is 12.1. The summed E-state index contributed by atoms with van der Waals surface area (Å²) >= 11 is 0. The summed E-state index contributed by atoms with van der Waals surface area (Å²) in [6.45, 7) is 6.70. The third kappa shape index (κ3) is 5.08. The lowest BCUT2D eigenvalue weighted by atomic mass is 10.0. The van der Waals surface area contributed by atoms with Gasteiger partial charge >= 0.3 is 0 Å². The molecule has 1 aromatic heterocycles. The van der Waals surface area contributed by atoms with E-state index in [1.165, 1.54) is 5.56 Å². The predicted molar refractivity (Wildman–Crippen MR) is 111 cm³/mol. The molecular formula is C23H27N3O2. The highest BCUT2D eigenvalue weighted by Gasteiger charge is 2.19. The average Bonchev–Trinajstić information content (AvgIpc) is 3.21. The Morgan fingerprint density at radius 3 is 2.32 bits per heavy atom. The van der Waals surface area contributed by atoms with E-state index in [4.69, 9.17) is 4.42 Å². The molecule has 0 fully saturated rings. The molecule has 3 rings (SSSR count). The summed E-state index contributed by atoms with van der Waals surface area (Å²) in [5.74, 6) is 0.481. The van der Waals surface area contributed by atoms with Gasteiger partial charge in [-0.3, -0.25) is 9.69 Å². The monoisotopic (exact) mass is 377 g/mol. The van der Waals surface area contributed by atoms with Gasteiger partial charge in [-0.05, 0) is 30.8 Å². The van der Waals surface area contributed by atoms with Crippen molar-refractivity contribution in [1.29, 1.82) is 0 Å². The fourth-order valence-electron chi connectivity index (χ4n) is 3.34. The van der Waals surface area contributed by atoms with Gasteiger partial charge in [-0.2, -0.15) is 0 Å². The summed E-state index contributed by atoms with van der Waals surface area (Å²) in [4.78, 5) is 19.3. The molecule has 1 amide bonds. The SMILES string of the molecule is CCN(CC)C(CNC(=O)Cc1coc(-c2ccccc2)n1)c1ccccc1. The first-order chi connectivity index (χ1) is 13.7. The number of aromatic nitrogens is 1. The molecule has 2 aromatic carbocycles. The molecule has 5 nitrogen and oxygen atoms in total. The molecule has 1 N–H and O–H groups in total. The van der Waals surface area contributed by atoms with Crippen LogP contribution in [-0.2, 0) is 11.2 Å². The van der Waals surface area contributed by atoms with Crippen LogP contribution in [0.15, 0.2) is 71.3 Å². The van der Waals surface area contributed by atoms with Gasteiger partial charge in [0.15, 0.2) is 0 Å². The van der Waals surface area contributed by atoms with Crippen molar-refractivity contribution in [2.45, 2.75) is 26.3 Å². The number of carbonyl (C=O) groups excluding carboxylic acids is 1. The van der Waals surface area contributed by atoms with E-state index in [9.17, 15) is 4.79 Å². The van der Waals surface area contributed by atoms with Gasteiger partial charge in [0.05, 0.1) is 18.2 Å². The van der Waals surface area contributed by atoms with Crippen molar-refractivity contribution < 1.29 is 9.21 Å². The van der Waals surface area contributed by atoms with Crippen LogP contribution in [0.1, 0.15) is 31.1 Å². The molecule has 3 aromatic rings. The van der Waals surface area contributed by atoms with Crippen molar-refractivity contribution in [2.24, 2.45) is 0 Å². The topological polar surface area (TPSA) is 58.4 Å². The molecule has 0 aliphatic carbocycles. The molecule has 0 bridgehead atoms. The van der Waals surface area contributed by atoms with Gasteiger partial charge in [-0.15, -0.1) is 0 Å². The molecular weight excluding hydrogens is 350 g/mol. The number of oxazole rings is 1. The van der Waals surface area contributed by atoms with Crippen molar-refractivity contribution in [2.75, 3.05) is 19.6 Å². The number of hydrogen-bond acceptors (Lipinski definition) is 4.